The van der Waals surface area contributed by atoms with E-state index in [-0.39, 0.29) is 12.4 Å². The average Bonchev–Trinajstić information content (AvgIpc) is 3.09. The average molecular weight is 409 g/mol. The molecule has 0 spiro atoms. The molecule has 0 radical (unpaired) electrons. The van der Waals surface area contributed by atoms with Gasteiger partial charge in [0.25, 0.3) is 0 Å². The standard InChI is InChI=1S/C24H27NO5/c1-3-13-25-16-19(21-15-17(4-10-22(21)25)5-11-23(26)27)12-14-30-20-8-6-18(7-9-20)24(28)29-2/h4,6-10,15-16H,3,5,11-14H2,1-2H3,(H,26,27). The van der Waals surface area contributed by atoms with Gasteiger partial charge in [0.05, 0.1) is 19.3 Å². The Balaban J connectivity index is 1.72. The number of nitrogens with zero attached hydrogens (tertiary/aromatic N) is 1. The number of carboxylic acids is 1. The third-order valence-corrected chi connectivity index (χ3v) is 5.04. The molecule has 0 aliphatic heterocycles. The lowest BCUT2D eigenvalue weighted by atomic mass is 10.0. The van der Waals surface area contributed by atoms with Gasteiger partial charge in [-0.15, -0.1) is 0 Å². The molecule has 30 heavy (non-hydrogen) atoms. The molecule has 3 rings (SSSR count). The van der Waals surface area contributed by atoms with Gasteiger partial charge in [-0.05, 0) is 60.4 Å². The lowest BCUT2D eigenvalue weighted by Crippen LogP contribution is -2.03. The maximum Gasteiger partial charge on any atom is 0.337 e. The summed E-state index contributed by atoms with van der Waals surface area (Å²) in [5.74, 6) is -0.462. The van der Waals surface area contributed by atoms with Crippen molar-refractivity contribution < 1.29 is 24.2 Å². The minimum absolute atomic E-state index is 0.126. The zero-order valence-electron chi connectivity index (χ0n) is 17.4. The number of aliphatic carboxylic acids is 1. The third-order valence-electron chi connectivity index (χ3n) is 5.04. The molecule has 0 aliphatic rings. The molecular formula is C24H27NO5. The highest BCUT2D eigenvalue weighted by molar-refractivity contribution is 5.89. The summed E-state index contributed by atoms with van der Waals surface area (Å²) < 4.78 is 12.8. The van der Waals surface area contributed by atoms with Crippen LogP contribution < -0.4 is 4.74 Å². The van der Waals surface area contributed by atoms with Gasteiger partial charge in [0, 0.05) is 36.5 Å². The minimum Gasteiger partial charge on any atom is -0.493 e. The number of methoxy groups -OCH3 is 1. The Morgan fingerprint density at radius 3 is 2.50 bits per heavy atom. The van der Waals surface area contributed by atoms with Crippen molar-refractivity contribution in [3.05, 3.63) is 65.4 Å². The highest BCUT2D eigenvalue weighted by atomic mass is 16.5. The summed E-state index contributed by atoms with van der Waals surface area (Å²) in [6.45, 7) is 3.58. The molecule has 6 heteroatoms. The number of hydrogen-bond donors (Lipinski definition) is 1. The van der Waals surface area contributed by atoms with E-state index in [1.54, 1.807) is 24.3 Å². The van der Waals surface area contributed by atoms with Gasteiger partial charge in [-0.3, -0.25) is 4.79 Å². The SMILES string of the molecule is CCCn1cc(CCOc2ccc(C(=O)OC)cc2)c2cc(CCC(=O)O)ccc21. The molecule has 1 heterocycles. The molecule has 0 amide bonds. The van der Waals surface area contributed by atoms with Crippen LogP contribution in [0.4, 0.5) is 0 Å². The molecule has 158 valence electrons. The van der Waals surface area contributed by atoms with Crippen LogP contribution in [-0.4, -0.2) is 35.3 Å². The van der Waals surface area contributed by atoms with Crippen molar-refractivity contribution in [2.24, 2.45) is 0 Å². The second kappa shape index (κ2) is 9.96. The fourth-order valence-corrected chi connectivity index (χ4v) is 3.53. The first-order valence-corrected chi connectivity index (χ1v) is 10.2. The molecule has 1 N–H and O–H groups in total. The summed E-state index contributed by atoms with van der Waals surface area (Å²) in [4.78, 5) is 22.4. The van der Waals surface area contributed by atoms with E-state index in [0.29, 0.717) is 24.3 Å². The van der Waals surface area contributed by atoms with Crippen LogP contribution in [-0.2, 0) is 28.9 Å². The van der Waals surface area contributed by atoms with Crippen LogP contribution in [0.25, 0.3) is 10.9 Å². The summed E-state index contributed by atoms with van der Waals surface area (Å²) >= 11 is 0. The van der Waals surface area contributed by atoms with Crippen molar-refractivity contribution in [3.63, 3.8) is 0 Å². The number of benzene rings is 2. The molecule has 0 atom stereocenters. The minimum atomic E-state index is -0.787. The Bertz CT molecular complexity index is 1020. The van der Waals surface area contributed by atoms with E-state index in [1.165, 1.54) is 12.7 Å². The van der Waals surface area contributed by atoms with E-state index in [1.807, 2.05) is 6.07 Å². The van der Waals surface area contributed by atoms with Gasteiger partial charge in [-0.2, -0.15) is 0 Å². The maximum absolute atomic E-state index is 11.5. The number of rotatable bonds is 10. The number of fused-ring (bicyclic) bond motifs is 1. The molecule has 2 aromatic carbocycles. The Labute approximate surface area is 176 Å². The fraction of sp³-hybridized carbons (Fsp3) is 0.333. The Morgan fingerprint density at radius 2 is 1.83 bits per heavy atom. The number of carboxylic acid groups (broad SMARTS) is 1. The first-order chi connectivity index (χ1) is 14.5. The highest BCUT2D eigenvalue weighted by Crippen LogP contribution is 2.25. The van der Waals surface area contributed by atoms with Crippen LogP contribution in [0.1, 0.15) is 41.3 Å². The molecule has 0 aliphatic carbocycles. The van der Waals surface area contributed by atoms with E-state index in [9.17, 15) is 9.59 Å². The first-order valence-electron chi connectivity index (χ1n) is 10.2. The van der Waals surface area contributed by atoms with Crippen molar-refractivity contribution >= 4 is 22.8 Å². The summed E-state index contributed by atoms with van der Waals surface area (Å²) in [5, 5.41) is 10.1. The molecule has 0 fully saturated rings. The molecule has 6 nitrogen and oxygen atoms in total. The van der Waals surface area contributed by atoms with Crippen LogP contribution in [0.2, 0.25) is 0 Å². The molecule has 1 aromatic heterocycles. The second-order valence-electron chi connectivity index (χ2n) is 7.21. The Hall–Kier alpha value is -3.28. The van der Waals surface area contributed by atoms with E-state index < -0.39 is 5.97 Å². The van der Waals surface area contributed by atoms with Gasteiger partial charge in [0.1, 0.15) is 5.75 Å². The predicted molar refractivity (Wildman–Crippen MR) is 115 cm³/mol. The molecule has 3 aromatic rings. The zero-order chi connectivity index (χ0) is 21.5. The highest BCUT2D eigenvalue weighted by Gasteiger charge is 2.11. The van der Waals surface area contributed by atoms with Crippen LogP contribution in [0.3, 0.4) is 0 Å². The lowest BCUT2D eigenvalue weighted by Gasteiger charge is -2.07. The predicted octanol–water partition coefficient (Wildman–Crippen LogP) is 4.48. The normalized spacial score (nSPS) is 10.9. The first kappa shape index (κ1) is 21.4. The van der Waals surface area contributed by atoms with E-state index in [4.69, 9.17) is 14.6 Å². The van der Waals surface area contributed by atoms with Crippen molar-refractivity contribution in [1.29, 1.82) is 0 Å². The van der Waals surface area contributed by atoms with E-state index >= 15 is 0 Å². The molecule has 0 saturated heterocycles. The second-order valence-corrected chi connectivity index (χ2v) is 7.21. The van der Waals surface area contributed by atoms with Gasteiger partial charge in [-0.25, -0.2) is 4.79 Å². The van der Waals surface area contributed by atoms with Crippen LogP contribution >= 0.6 is 0 Å². The summed E-state index contributed by atoms with van der Waals surface area (Å²) in [7, 11) is 1.36. The van der Waals surface area contributed by atoms with Crippen molar-refractivity contribution in [1.82, 2.24) is 4.57 Å². The summed E-state index contributed by atoms with van der Waals surface area (Å²) in [6, 6.07) is 13.1. The number of esters is 1. The van der Waals surface area contributed by atoms with Crippen molar-refractivity contribution in [2.75, 3.05) is 13.7 Å². The van der Waals surface area contributed by atoms with Crippen LogP contribution in [0.5, 0.6) is 5.75 Å². The number of aryl methyl sites for hydroxylation is 2. The third kappa shape index (κ3) is 5.20. The molecule has 0 saturated carbocycles. The monoisotopic (exact) mass is 409 g/mol. The van der Waals surface area contributed by atoms with E-state index in [0.717, 1.165) is 35.9 Å². The van der Waals surface area contributed by atoms with Gasteiger partial charge < -0.3 is 19.1 Å². The van der Waals surface area contributed by atoms with Crippen molar-refractivity contribution in [2.45, 2.75) is 39.2 Å². The van der Waals surface area contributed by atoms with Gasteiger partial charge >= 0.3 is 11.9 Å². The van der Waals surface area contributed by atoms with Crippen LogP contribution in [0.15, 0.2) is 48.7 Å². The van der Waals surface area contributed by atoms with Gasteiger partial charge in [0.2, 0.25) is 0 Å². The quantitative estimate of drug-likeness (QED) is 0.500. The number of carbonyl (C=O) groups is 2. The molecule has 0 unspecified atom stereocenters. The number of hydrogen-bond acceptors (Lipinski definition) is 4. The van der Waals surface area contributed by atoms with Gasteiger partial charge in [0.15, 0.2) is 0 Å². The number of carbonyl (C=O) groups excluding carboxylic acids is 1. The largest absolute Gasteiger partial charge is 0.493 e. The Kier molecular flexibility index (Phi) is 7.12. The van der Waals surface area contributed by atoms with E-state index in [2.05, 4.69) is 29.8 Å². The van der Waals surface area contributed by atoms with Crippen molar-refractivity contribution in [3.8, 4) is 5.75 Å². The topological polar surface area (TPSA) is 77.8 Å². The summed E-state index contributed by atoms with van der Waals surface area (Å²) in [5.41, 5.74) is 3.86. The smallest absolute Gasteiger partial charge is 0.337 e. The fourth-order valence-electron chi connectivity index (χ4n) is 3.53. The molecular weight excluding hydrogens is 382 g/mol. The maximum atomic E-state index is 11.5. The number of aromatic nitrogens is 1. The van der Waals surface area contributed by atoms with Crippen LogP contribution in [0, 0.1) is 0 Å². The molecule has 0 bridgehead atoms. The number of ether oxygens (including phenoxy) is 2. The van der Waals surface area contributed by atoms with Gasteiger partial charge in [-0.1, -0.05) is 13.0 Å². The zero-order valence-corrected chi connectivity index (χ0v) is 17.4. The Morgan fingerprint density at radius 1 is 1.07 bits per heavy atom. The summed E-state index contributed by atoms with van der Waals surface area (Å²) in [6.07, 6.45) is 4.58. The lowest BCUT2D eigenvalue weighted by molar-refractivity contribution is -0.136.